The molecule has 2 heterocycles. The van der Waals surface area contributed by atoms with E-state index in [0.29, 0.717) is 11.5 Å². The molecule has 2 aromatic heterocycles. The number of benzene rings is 6. The summed E-state index contributed by atoms with van der Waals surface area (Å²) >= 11 is 1.80. The van der Waals surface area contributed by atoms with E-state index >= 15 is 0 Å². The largest absolute Gasteiger partial charge is 0.238 e. The molecule has 0 radical (unpaired) electrons. The molecule has 0 amide bonds. The van der Waals surface area contributed by atoms with Crippen molar-refractivity contribution >= 4 is 37.2 Å². The fourth-order valence-corrected chi connectivity index (χ4v) is 9.67. The molecule has 3 nitrogen and oxygen atoms in total. The average molecular weight is 716 g/mol. The van der Waals surface area contributed by atoms with Crippen molar-refractivity contribution in [1.82, 2.24) is 9.97 Å². The number of nitrogens with zero attached hydrogens (tertiary/aromatic N) is 3. The minimum atomic E-state index is 0.0464. The molecule has 0 saturated heterocycles. The van der Waals surface area contributed by atoms with Gasteiger partial charge in [0.15, 0.2) is 11.5 Å². The topological polar surface area (TPSA) is 30.1 Å². The van der Waals surface area contributed by atoms with Crippen molar-refractivity contribution in [2.75, 3.05) is 0 Å². The predicted molar refractivity (Wildman–Crippen MR) is 228 cm³/mol. The molecule has 4 heteroatoms. The van der Waals surface area contributed by atoms with Crippen LogP contribution in [0.2, 0.25) is 0 Å². The molecule has 0 N–H and O–H groups in total. The Labute approximate surface area is 321 Å². The number of hydrogen-bond acceptors (Lipinski definition) is 3. The van der Waals surface area contributed by atoms with Gasteiger partial charge in [-0.25, -0.2) is 14.8 Å². The summed E-state index contributed by atoms with van der Waals surface area (Å²) in [5.74, 6) is 0.703. The molecule has 262 valence electrons. The normalized spacial score (nSPS) is 15.3. The summed E-state index contributed by atoms with van der Waals surface area (Å²) < 4.78 is 2.48. The van der Waals surface area contributed by atoms with Crippen molar-refractivity contribution in [2.24, 2.45) is 5.41 Å². The SMILES string of the molecule is [C-]#[N+]c1ccccc1-c1ccc(-c2cc(-c3ccc(-c4ccc5c(c4)C(C)(C)C(C)(C)C5(C)C)cc3)nc(-c3cccc4sc5ccccc5c34)n2)cc1. The first-order valence-corrected chi connectivity index (χ1v) is 19.4. The summed E-state index contributed by atoms with van der Waals surface area (Å²) in [7, 11) is 0. The molecule has 1 aliphatic carbocycles. The lowest BCUT2D eigenvalue weighted by atomic mass is 9.59. The number of para-hydroxylation sites is 1. The highest BCUT2D eigenvalue weighted by Crippen LogP contribution is 2.61. The highest BCUT2D eigenvalue weighted by Gasteiger charge is 2.56. The molecule has 0 spiro atoms. The molecule has 0 fully saturated rings. The van der Waals surface area contributed by atoms with E-state index in [1.54, 1.807) is 11.3 Å². The molecule has 8 aromatic rings. The third-order valence-corrected chi connectivity index (χ3v) is 14.0. The maximum Gasteiger partial charge on any atom is 0.194 e. The first kappa shape index (κ1) is 33.9. The average Bonchev–Trinajstić information content (AvgIpc) is 3.63. The lowest BCUT2D eigenvalue weighted by Crippen LogP contribution is -2.42. The van der Waals surface area contributed by atoms with Gasteiger partial charge in [0, 0.05) is 36.9 Å². The lowest BCUT2D eigenvalue weighted by molar-refractivity contribution is 0.125. The Bertz CT molecular complexity index is 2790. The van der Waals surface area contributed by atoms with Gasteiger partial charge in [0.05, 0.1) is 18.0 Å². The fourth-order valence-electron chi connectivity index (χ4n) is 8.53. The molecule has 54 heavy (non-hydrogen) atoms. The number of fused-ring (bicyclic) bond motifs is 4. The van der Waals surface area contributed by atoms with Crippen molar-refractivity contribution in [3.8, 4) is 56.2 Å². The first-order valence-electron chi connectivity index (χ1n) is 18.6. The minimum absolute atomic E-state index is 0.0464. The van der Waals surface area contributed by atoms with E-state index < -0.39 is 0 Å². The molecule has 1 aliphatic rings. The van der Waals surface area contributed by atoms with Crippen LogP contribution in [-0.4, -0.2) is 9.97 Å². The Balaban J connectivity index is 1.16. The Hall–Kier alpha value is -5.89. The lowest BCUT2D eigenvalue weighted by Gasteiger charge is -2.44. The quantitative estimate of drug-likeness (QED) is 0.166. The summed E-state index contributed by atoms with van der Waals surface area (Å²) in [5, 5.41) is 2.41. The first-order chi connectivity index (χ1) is 26.0. The molecule has 0 aliphatic heterocycles. The van der Waals surface area contributed by atoms with Crippen molar-refractivity contribution in [1.29, 1.82) is 0 Å². The van der Waals surface area contributed by atoms with Crippen molar-refractivity contribution in [2.45, 2.75) is 52.4 Å². The number of aromatic nitrogens is 2. The van der Waals surface area contributed by atoms with Crippen LogP contribution < -0.4 is 0 Å². The van der Waals surface area contributed by atoms with Gasteiger partial charge < -0.3 is 0 Å². The molecular weight excluding hydrogens is 675 g/mol. The molecule has 0 atom stereocenters. The van der Waals surface area contributed by atoms with Gasteiger partial charge in [0.2, 0.25) is 0 Å². The molecule has 0 bridgehead atoms. The second kappa shape index (κ2) is 12.3. The molecule has 9 rings (SSSR count). The van der Waals surface area contributed by atoms with Crippen LogP contribution in [0, 0.1) is 12.0 Å². The van der Waals surface area contributed by atoms with E-state index in [4.69, 9.17) is 16.5 Å². The monoisotopic (exact) mass is 715 g/mol. The molecule has 6 aromatic carbocycles. The second-order valence-electron chi connectivity index (χ2n) is 16.2. The highest BCUT2D eigenvalue weighted by atomic mass is 32.1. The number of thiophene rings is 1. The van der Waals surface area contributed by atoms with E-state index in [0.717, 1.165) is 39.2 Å². The van der Waals surface area contributed by atoms with Crippen molar-refractivity contribution < 1.29 is 0 Å². The third kappa shape index (κ3) is 5.14. The van der Waals surface area contributed by atoms with Crippen LogP contribution in [-0.2, 0) is 10.8 Å². The Kier molecular flexibility index (Phi) is 7.75. The van der Waals surface area contributed by atoms with Gasteiger partial charge in [0.25, 0.3) is 0 Å². The van der Waals surface area contributed by atoms with Gasteiger partial charge in [-0.2, -0.15) is 0 Å². The molecule has 0 unspecified atom stereocenters. The molecular formula is C50H41N3S. The predicted octanol–water partition coefficient (Wildman–Crippen LogP) is 14.3. The maximum atomic E-state index is 7.66. The zero-order valence-corrected chi connectivity index (χ0v) is 32.3. The zero-order valence-electron chi connectivity index (χ0n) is 31.5. The maximum absolute atomic E-state index is 7.66. The van der Waals surface area contributed by atoms with E-state index in [9.17, 15) is 0 Å². The van der Waals surface area contributed by atoms with Gasteiger partial charge in [-0.1, -0.05) is 163 Å². The van der Waals surface area contributed by atoms with Crippen molar-refractivity contribution in [3.05, 3.63) is 162 Å². The standard InChI is InChI=1S/C50H41N3S/c1-48(2)39-28-27-35(29-40(39)49(3,4)50(48,5)6)31-19-23-33(24-20-31)42-30-43(34-25-21-32(22-26-34)36-13-8-10-16-41(36)51-7)53-47(52-42)38-15-12-18-45-46(38)37-14-9-11-17-44(37)54-45/h8-30H,1-6H3. The number of hydrogen-bond donors (Lipinski definition) is 0. The smallest absolute Gasteiger partial charge is 0.194 e. The zero-order chi connectivity index (χ0) is 37.4. The highest BCUT2D eigenvalue weighted by molar-refractivity contribution is 7.25. The van der Waals surface area contributed by atoms with E-state index in [1.807, 2.05) is 24.3 Å². The molecule has 0 saturated carbocycles. The van der Waals surface area contributed by atoms with Crippen LogP contribution in [0.25, 0.3) is 81.2 Å². The Morgan fingerprint density at radius 1 is 0.500 bits per heavy atom. The van der Waals surface area contributed by atoms with Gasteiger partial charge in [-0.15, -0.1) is 11.3 Å². The minimum Gasteiger partial charge on any atom is -0.238 e. The fraction of sp³-hybridized carbons (Fsp3) is 0.180. The van der Waals surface area contributed by atoms with E-state index in [2.05, 4.69) is 162 Å². The van der Waals surface area contributed by atoms with Crippen LogP contribution in [0.4, 0.5) is 5.69 Å². The summed E-state index contributed by atoms with van der Waals surface area (Å²) in [4.78, 5) is 14.3. The Morgan fingerprint density at radius 3 is 1.76 bits per heavy atom. The van der Waals surface area contributed by atoms with Crippen LogP contribution in [0.5, 0.6) is 0 Å². The van der Waals surface area contributed by atoms with Crippen LogP contribution >= 0.6 is 11.3 Å². The summed E-state index contributed by atoms with van der Waals surface area (Å²) in [6, 6.07) is 49.2. The summed E-state index contributed by atoms with van der Waals surface area (Å²) in [6.07, 6.45) is 0. The Morgan fingerprint density at radius 2 is 1.06 bits per heavy atom. The van der Waals surface area contributed by atoms with Gasteiger partial charge in [0.1, 0.15) is 0 Å². The van der Waals surface area contributed by atoms with Crippen LogP contribution in [0.1, 0.15) is 52.7 Å². The van der Waals surface area contributed by atoms with Gasteiger partial charge in [-0.05, 0) is 67.8 Å². The number of rotatable bonds is 5. The summed E-state index contributed by atoms with van der Waals surface area (Å²) in [5.41, 5.74) is 13.0. The third-order valence-electron chi connectivity index (χ3n) is 12.9. The van der Waals surface area contributed by atoms with Crippen LogP contribution in [0.15, 0.2) is 140 Å². The van der Waals surface area contributed by atoms with E-state index in [1.165, 1.54) is 42.4 Å². The van der Waals surface area contributed by atoms with Crippen LogP contribution in [0.3, 0.4) is 0 Å². The van der Waals surface area contributed by atoms with Crippen molar-refractivity contribution in [3.63, 3.8) is 0 Å². The summed E-state index contributed by atoms with van der Waals surface area (Å²) in [6.45, 7) is 22.1. The van der Waals surface area contributed by atoms with Gasteiger partial charge >= 0.3 is 0 Å². The van der Waals surface area contributed by atoms with E-state index in [-0.39, 0.29) is 16.2 Å². The van der Waals surface area contributed by atoms with Gasteiger partial charge in [-0.3, -0.25) is 0 Å². The second-order valence-corrected chi connectivity index (χ2v) is 17.2.